The maximum atomic E-state index is 14.4. The second-order valence-electron chi connectivity index (χ2n) is 8.40. The summed E-state index contributed by atoms with van der Waals surface area (Å²) in [5.74, 6) is -0.877. The molecule has 0 saturated carbocycles. The first-order chi connectivity index (χ1) is 15.4. The van der Waals surface area contributed by atoms with Crippen LogP contribution in [0.15, 0.2) is 43.0 Å². The van der Waals surface area contributed by atoms with Crippen molar-refractivity contribution in [2.75, 3.05) is 23.3 Å². The van der Waals surface area contributed by atoms with E-state index in [2.05, 4.69) is 44.3 Å². The highest BCUT2D eigenvalue weighted by Gasteiger charge is 2.24. The van der Waals surface area contributed by atoms with Gasteiger partial charge in [-0.1, -0.05) is 0 Å². The lowest BCUT2D eigenvalue weighted by atomic mass is 10.1. The molecule has 1 aliphatic heterocycles. The highest BCUT2D eigenvalue weighted by Crippen LogP contribution is 2.28. The number of amides is 1. The van der Waals surface area contributed by atoms with Gasteiger partial charge in [0.15, 0.2) is 11.5 Å². The van der Waals surface area contributed by atoms with E-state index >= 15 is 0 Å². The molecule has 1 saturated heterocycles. The first-order valence-electron chi connectivity index (χ1n) is 10.6. The lowest BCUT2D eigenvalue weighted by Gasteiger charge is -2.38. The standard InChI is InChI=1S/C23H24FN7O/c1-13-9-30(10-14(2)27-13)19-5-4-17(20-21(19)26-7-6-25-20)23(32)29-16-8-18(24)22-28-15(3)11-31(22)12-16/h4-8,11-14,27H,9-10H2,1-3H3,(H,29,32)/t13-,14-/m1/s1. The lowest BCUT2D eigenvalue weighted by Crippen LogP contribution is -2.54. The molecule has 164 valence electrons. The van der Waals surface area contributed by atoms with Crippen LogP contribution in [0.5, 0.6) is 0 Å². The second-order valence-corrected chi connectivity index (χ2v) is 8.40. The molecule has 0 radical (unpaired) electrons. The van der Waals surface area contributed by atoms with Crippen LogP contribution in [0, 0.1) is 12.7 Å². The average Bonchev–Trinajstić information content (AvgIpc) is 3.13. The van der Waals surface area contributed by atoms with Crippen LogP contribution in [0.4, 0.5) is 15.8 Å². The van der Waals surface area contributed by atoms with Crippen molar-refractivity contribution in [1.82, 2.24) is 24.7 Å². The summed E-state index contributed by atoms with van der Waals surface area (Å²) < 4.78 is 16.0. The Hall–Kier alpha value is -3.59. The molecule has 0 aliphatic carbocycles. The zero-order chi connectivity index (χ0) is 22.4. The van der Waals surface area contributed by atoms with Gasteiger partial charge in [0, 0.05) is 56.0 Å². The van der Waals surface area contributed by atoms with E-state index in [1.807, 2.05) is 6.07 Å². The SMILES string of the molecule is Cc1cn2cc(NC(=O)c3ccc(N4C[C@@H](C)N[C@H](C)C4)c4nccnc34)cc(F)c2n1. The van der Waals surface area contributed by atoms with E-state index < -0.39 is 5.82 Å². The summed E-state index contributed by atoms with van der Waals surface area (Å²) >= 11 is 0. The molecule has 0 spiro atoms. The van der Waals surface area contributed by atoms with Gasteiger partial charge in [-0.05, 0) is 32.9 Å². The molecular formula is C23H24FN7O. The molecule has 32 heavy (non-hydrogen) atoms. The molecule has 5 rings (SSSR count). The van der Waals surface area contributed by atoms with Gasteiger partial charge < -0.3 is 19.9 Å². The Morgan fingerprint density at radius 3 is 2.59 bits per heavy atom. The summed E-state index contributed by atoms with van der Waals surface area (Å²) in [6, 6.07) is 5.62. The average molecular weight is 433 g/mol. The fraction of sp³-hybridized carbons (Fsp3) is 0.304. The fourth-order valence-electron chi connectivity index (χ4n) is 4.45. The van der Waals surface area contributed by atoms with Gasteiger partial charge in [-0.25, -0.2) is 9.37 Å². The summed E-state index contributed by atoms with van der Waals surface area (Å²) in [5.41, 5.74) is 3.78. The molecule has 8 nitrogen and oxygen atoms in total. The number of aryl methyl sites for hydroxylation is 1. The molecular weight excluding hydrogens is 409 g/mol. The predicted octanol–water partition coefficient (Wildman–Crippen LogP) is 3.16. The van der Waals surface area contributed by atoms with Gasteiger partial charge >= 0.3 is 0 Å². The molecule has 2 atom stereocenters. The molecule has 1 amide bonds. The maximum absolute atomic E-state index is 14.4. The minimum absolute atomic E-state index is 0.223. The normalized spacial score (nSPS) is 18.9. The molecule has 0 unspecified atom stereocenters. The van der Waals surface area contributed by atoms with Crippen LogP contribution in [0.3, 0.4) is 0 Å². The quantitative estimate of drug-likeness (QED) is 0.516. The van der Waals surface area contributed by atoms with Crippen molar-refractivity contribution in [3.8, 4) is 0 Å². The van der Waals surface area contributed by atoms with E-state index in [4.69, 9.17) is 0 Å². The van der Waals surface area contributed by atoms with Gasteiger partial charge in [0.2, 0.25) is 0 Å². The number of aromatic nitrogens is 4. The zero-order valence-corrected chi connectivity index (χ0v) is 18.1. The third-order valence-electron chi connectivity index (χ3n) is 5.63. The number of nitrogens with one attached hydrogen (secondary N) is 2. The van der Waals surface area contributed by atoms with Gasteiger partial charge in [0.25, 0.3) is 5.91 Å². The number of imidazole rings is 1. The molecule has 2 N–H and O–H groups in total. The third-order valence-corrected chi connectivity index (χ3v) is 5.63. The highest BCUT2D eigenvalue weighted by molar-refractivity contribution is 6.13. The van der Waals surface area contributed by atoms with Crippen LogP contribution in [0.1, 0.15) is 29.9 Å². The number of rotatable bonds is 3. The summed E-state index contributed by atoms with van der Waals surface area (Å²) in [4.78, 5) is 28.5. The molecule has 1 aromatic carbocycles. The van der Waals surface area contributed by atoms with Gasteiger partial charge in [0.05, 0.1) is 22.6 Å². The van der Waals surface area contributed by atoms with Crippen molar-refractivity contribution >= 4 is 34.0 Å². The number of carbonyl (C=O) groups is 1. The van der Waals surface area contributed by atoms with Crippen LogP contribution in [0.2, 0.25) is 0 Å². The number of carbonyl (C=O) groups excluding carboxylic acids is 1. The van der Waals surface area contributed by atoms with Gasteiger partial charge in [0.1, 0.15) is 11.0 Å². The Morgan fingerprint density at radius 1 is 1.12 bits per heavy atom. The minimum Gasteiger partial charge on any atom is -0.367 e. The Bertz CT molecular complexity index is 1320. The van der Waals surface area contributed by atoms with Crippen LogP contribution in [0.25, 0.3) is 16.7 Å². The van der Waals surface area contributed by atoms with Crippen LogP contribution < -0.4 is 15.5 Å². The molecule has 3 aromatic heterocycles. The van der Waals surface area contributed by atoms with Crippen molar-refractivity contribution in [3.63, 3.8) is 0 Å². The maximum Gasteiger partial charge on any atom is 0.257 e. The molecule has 4 heterocycles. The summed E-state index contributed by atoms with van der Waals surface area (Å²) in [6.07, 6.45) is 6.56. The van der Waals surface area contributed by atoms with E-state index in [-0.39, 0.29) is 11.6 Å². The topological polar surface area (TPSA) is 87.5 Å². The monoisotopic (exact) mass is 433 g/mol. The number of piperazine rings is 1. The zero-order valence-electron chi connectivity index (χ0n) is 18.1. The second kappa shape index (κ2) is 7.83. The van der Waals surface area contributed by atoms with Gasteiger partial charge in [-0.3, -0.25) is 14.8 Å². The fourth-order valence-corrected chi connectivity index (χ4v) is 4.45. The number of hydrogen-bond acceptors (Lipinski definition) is 6. The number of nitrogens with zero attached hydrogens (tertiary/aromatic N) is 5. The van der Waals surface area contributed by atoms with Crippen molar-refractivity contribution in [1.29, 1.82) is 0 Å². The Kier molecular flexibility index (Phi) is 4.97. The van der Waals surface area contributed by atoms with Crippen LogP contribution in [-0.2, 0) is 0 Å². The summed E-state index contributed by atoms with van der Waals surface area (Å²) in [5, 5.41) is 6.31. The van der Waals surface area contributed by atoms with E-state index in [1.165, 1.54) is 6.07 Å². The Balaban J connectivity index is 1.50. The Labute approximate surface area is 184 Å². The van der Waals surface area contributed by atoms with Gasteiger partial charge in [-0.2, -0.15) is 0 Å². The molecule has 9 heteroatoms. The number of fused-ring (bicyclic) bond motifs is 2. The van der Waals surface area contributed by atoms with Gasteiger partial charge in [-0.15, -0.1) is 0 Å². The van der Waals surface area contributed by atoms with Crippen LogP contribution >= 0.6 is 0 Å². The van der Waals surface area contributed by atoms with E-state index in [0.717, 1.165) is 18.8 Å². The number of pyridine rings is 1. The highest BCUT2D eigenvalue weighted by atomic mass is 19.1. The largest absolute Gasteiger partial charge is 0.367 e. The smallest absolute Gasteiger partial charge is 0.257 e. The first kappa shape index (κ1) is 20.3. The minimum atomic E-state index is -0.502. The summed E-state index contributed by atoms with van der Waals surface area (Å²) in [7, 11) is 0. The first-order valence-corrected chi connectivity index (χ1v) is 10.6. The van der Waals surface area contributed by atoms with Crippen molar-refractivity contribution < 1.29 is 9.18 Å². The molecule has 0 bridgehead atoms. The number of halogens is 1. The van der Waals surface area contributed by atoms with E-state index in [1.54, 1.807) is 42.2 Å². The Morgan fingerprint density at radius 2 is 1.84 bits per heavy atom. The van der Waals surface area contributed by atoms with E-state index in [9.17, 15) is 9.18 Å². The van der Waals surface area contributed by atoms with E-state index in [0.29, 0.717) is 40.1 Å². The predicted molar refractivity (Wildman–Crippen MR) is 122 cm³/mol. The van der Waals surface area contributed by atoms with Crippen molar-refractivity contribution in [3.05, 3.63) is 60.1 Å². The third kappa shape index (κ3) is 3.64. The number of hydrogen-bond donors (Lipinski definition) is 2. The molecule has 1 aliphatic rings. The summed E-state index contributed by atoms with van der Waals surface area (Å²) in [6.45, 7) is 7.76. The van der Waals surface area contributed by atoms with Crippen molar-refractivity contribution in [2.24, 2.45) is 0 Å². The molecule has 1 fully saturated rings. The lowest BCUT2D eigenvalue weighted by molar-refractivity contribution is 0.102. The number of anilines is 2. The molecule has 4 aromatic rings. The number of benzene rings is 1. The van der Waals surface area contributed by atoms with Crippen LogP contribution in [-0.4, -0.2) is 50.4 Å². The van der Waals surface area contributed by atoms with Crippen molar-refractivity contribution in [2.45, 2.75) is 32.9 Å².